The smallest absolute Gasteiger partial charge is 0.265 e. The van der Waals surface area contributed by atoms with Crippen LogP contribution in [0.1, 0.15) is 6.42 Å². The molecule has 108 valence electrons. The first-order valence-electron chi connectivity index (χ1n) is 6.22. The van der Waals surface area contributed by atoms with Crippen LogP contribution in [0, 0.1) is 0 Å². The Bertz CT molecular complexity index is 639. The van der Waals surface area contributed by atoms with Crippen LogP contribution in [0.2, 0.25) is 0 Å². The van der Waals surface area contributed by atoms with Gasteiger partial charge in [-0.2, -0.15) is 5.10 Å². The molecule has 0 amide bonds. The first-order chi connectivity index (χ1) is 9.62. The summed E-state index contributed by atoms with van der Waals surface area (Å²) < 4.78 is 28.4. The van der Waals surface area contributed by atoms with Crippen LogP contribution >= 0.6 is 0 Å². The van der Waals surface area contributed by atoms with Gasteiger partial charge in [-0.3, -0.25) is 14.4 Å². The van der Waals surface area contributed by atoms with Gasteiger partial charge in [0.25, 0.3) is 10.0 Å². The van der Waals surface area contributed by atoms with Crippen LogP contribution in [0.3, 0.4) is 0 Å². The molecule has 0 unspecified atom stereocenters. The minimum Gasteiger partial charge on any atom is -0.320 e. The molecule has 0 fully saturated rings. The second-order valence-corrected chi connectivity index (χ2v) is 5.93. The number of rotatable bonds is 7. The van der Waals surface area contributed by atoms with E-state index in [4.69, 9.17) is 0 Å². The maximum atomic E-state index is 12.1. The van der Waals surface area contributed by atoms with E-state index < -0.39 is 10.0 Å². The molecule has 0 bridgehead atoms. The Labute approximate surface area is 118 Å². The predicted octanol–water partition coefficient (Wildman–Crippen LogP) is 0.688. The van der Waals surface area contributed by atoms with Crippen LogP contribution in [0.25, 0.3) is 0 Å². The van der Waals surface area contributed by atoms with E-state index in [2.05, 4.69) is 20.1 Å². The molecule has 0 radical (unpaired) electrons. The number of sulfonamides is 1. The van der Waals surface area contributed by atoms with E-state index in [0.29, 0.717) is 12.2 Å². The number of hydrogen-bond donors (Lipinski definition) is 2. The Kier molecular flexibility index (Phi) is 4.70. The highest BCUT2D eigenvalue weighted by Gasteiger charge is 2.16. The molecule has 8 heteroatoms. The zero-order chi connectivity index (χ0) is 14.4. The molecule has 0 atom stereocenters. The lowest BCUT2D eigenvalue weighted by molar-refractivity contribution is 0.561. The van der Waals surface area contributed by atoms with Gasteiger partial charge in [0.15, 0.2) is 0 Å². The Morgan fingerprint density at radius 3 is 2.90 bits per heavy atom. The maximum absolute atomic E-state index is 12.1. The van der Waals surface area contributed by atoms with Crippen molar-refractivity contribution in [3.05, 3.63) is 36.9 Å². The number of anilines is 1. The van der Waals surface area contributed by atoms with Crippen molar-refractivity contribution < 1.29 is 8.42 Å². The highest BCUT2D eigenvalue weighted by molar-refractivity contribution is 7.92. The number of nitrogens with one attached hydrogen (secondary N) is 2. The zero-order valence-electron chi connectivity index (χ0n) is 11.2. The lowest BCUT2D eigenvalue weighted by atomic mass is 10.4. The lowest BCUT2D eigenvalue weighted by Gasteiger charge is -2.05. The molecule has 7 nitrogen and oxygen atoms in total. The second-order valence-electron chi connectivity index (χ2n) is 4.24. The van der Waals surface area contributed by atoms with Gasteiger partial charge in [0.1, 0.15) is 4.90 Å². The molecule has 0 aliphatic heterocycles. The fourth-order valence-electron chi connectivity index (χ4n) is 1.66. The molecule has 2 rings (SSSR count). The van der Waals surface area contributed by atoms with Gasteiger partial charge in [-0.05, 0) is 32.1 Å². The molecule has 2 heterocycles. The predicted molar refractivity (Wildman–Crippen MR) is 75.8 cm³/mol. The Morgan fingerprint density at radius 1 is 1.35 bits per heavy atom. The Morgan fingerprint density at radius 2 is 2.20 bits per heavy atom. The third kappa shape index (κ3) is 3.78. The monoisotopic (exact) mass is 295 g/mol. The number of hydrogen-bond acceptors (Lipinski definition) is 5. The quantitative estimate of drug-likeness (QED) is 0.734. The van der Waals surface area contributed by atoms with Crippen LogP contribution in [-0.2, 0) is 16.6 Å². The standard InChI is InChI=1S/C12H17N5O2S/c1-13-5-3-7-17-10-12(9-15-17)20(18,19)16-11-4-2-6-14-8-11/h2,4,6,8-10,13,16H,3,5,7H2,1H3. The second kappa shape index (κ2) is 6.49. The van der Waals surface area contributed by atoms with Gasteiger partial charge in [0, 0.05) is 18.9 Å². The molecular weight excluding hydrogens is 278 g/mol. The summed E-state index contributed by atoms with van der Waals surface area (Å²) in [5.41, 5.74) is 0.426. The largest absolute Gasteiger partial charge is 0.320 e. The van der Waals surface area contributed by atoms with E-state index in [-0.39, 0.29) is 4.90 Å². The highest BCUT2D eigenvalue weighted by atomic mass is 32.2. The summed E-state index contributed by atoms with van der Waals surface area (Å²) in [7, 11) is -1.74. The normalized spacial score (nSPS) is 11.4. The van der Waals surface area contributed by atoms with Crippen molar-refractivity contribution in [2.24, 2.45) is 0 Å². The summed E-state index contributed by atoms with van der Waals surface area (Å²) in [6.07, 6.45) is 6.78. The molecular formula is C12H17N5O2S. The fourth-order valence-corrected chi connectivity index (χ4v) is 2.66. The van der Waals surface area contributed by atoms with Gasteiger partial charge in [0.05, 0.1) is 18.1 Å². The van der Waals surface area contributed by atoms with Crippen LogP contribution in [-0.4, -0.2) is 36.8 Å². The number of nitrogens with zero attached hydrogens (tertiary/aromatic N) is 3. The molecule has 0 aromatic carbocycles. The molecule has 2 aromatic rings. The summed E-state index contributed by atoms with van der Waals surface area (Å²) >= 11 is 0. The molecule has 2 N–H and O–H groups in total. The average Bonchev–Trinajstić information content (AvgIpc) is 2.89. The van der Waals surface area contributed by atoms with Crippen LogP contribution in [0.15, 0.2) is 41.8 Å². The first-order valence-corrected chi connectivity index (χ1v) is 7.70. The SMILES string of the molecule is CNCCCn1cc(S(=O)(=O)Nc2cccnc2)cn1. The van der Waals surface area contributed by atoms with Gasteiger partial charge < -0.3 is 5.32 Å². The van der Waals surface area contributed by atoms with Crippen molar-refractivity contribution >= 4 is 15.7 Å². The van der Waals surface area contributed by atoms with Gasteiger partial charge >= 0.3 is 0 Å². The summed E-state index contributed by atoms with van der Waals surface area (Å²) in [4.78, 5) is 4.01. The van der Waals surface area contributed by atoms with E-state index in [9.17, 15) is 8.42 Å². The van der Waals surface area contributed by atoms with Crippen molar-refractivity contribution in [3.8, 4) is 0 Å². The topological polar surface area (TPSA) is 88.9 Å². The first kappa shape index (κ1) is 14.5. The molecule has 2 aromatic heterocycles. The Balaban J connectivity index is 2.06. The van der Waals surface area contributed by atoms with Crippen molar-refractivity contribution in [1.82, 2.24) is 20.1 Å². The number of pyridine rings is 1. The zero-order valence-corrected chi connectivity index (χ0v) is 12.0. The molecule has 0 aliphatic carbocycles. The van der Waals surface area contributed by atoms with E-state index in [1.165, 1.54) is 18.6 Å². The van der Waals surface area contributed by atoms with Crippen molar-refractivity contribution in [2.75, 3.05) is 18.3 Å². The van der Waals surface area contributed by atoms with Crippen molar-refractivity contribution in [3.63, 3.8) is 0 Å². The van der Waals surface area contributed by atoms with E-state index in [1.54, 1.807) is 23.0 Å². The molecule has 0 spiro atoms. The van der Waals surface area contributed by atoms with Crippen LogP contribution in [0.4, 0.5) is 5.69 Å². The highest BCUT2D eigenvalue weighted by Crippen LogP contribution is 2.14. The van der Waals surface area contributed by atoms with Crippen molar-refractivity contribution in [1.29, 1.82) is 0 Å². The van der Waals surface area contributed by atoms with E-state index >= 15 is 0 Å². The summed E-state index contributed by atoms with van der Waals surface area (Å²) in [5.74, 6) is 0. The summed E-state index contributed by atoms with van der Waals surface area (Å²) in [6, 6.07) is 3.31. The summed E-state index contributed by atoms with van der Waals surface area (Å²) in [5, 5.41) is 7.08. The van der Waals surface area contributed by atoms with Crippen molar-refractivity contribution in [2.45, 2.75) is 17.9 Å². The molecule has 0 saturated heterocycles. The number of aryl methyl sites for hydroxylation is 1. The average molecular weight is 295 g/mol. The molecule has 20 heavy (non-hydrogen) atoms. The minimum atomic E-state index is -3.61. The molecule has 0 saturated carbocycles. The maximum Gasteiger partial charge on any atom is 0.265 e. The third-order valence-corrected chi connectivity index (χ3v) is 3.98. The molecule has 0 aliphatic rings. The number of aromatic nitrogens is 3. The Hall–Kier alpha value is -1.93. The summed E-state index contributed by atoms with van der Waals surface area (Å²) in [6.45, 7) is 1.53. The van der Waals surface area contributed by atoms with Crippen LogP contribution < -0.4 is 10.0 Å². The van der Waals surface area contributed by atoms with E-state index in [1.807, 2.05) is 7.05 Å². The van der Waals surface area contributed by atoms with Gasteiger partial charge in [0.2, 0.25) is 0 Å². The van der Waals surface area contributed by atoms with Crippen LogP contribution in [0.5, 0.6) is 0 Å². The fraction of sp³-hybridized carbons (Fsp3) is 0.333. The van der Waals surface area contributed by atoms with Gasteiger partial charge in [-0.25, -0.2) is 8.42 Å². The third-order valence-electron chi connectivity index (χ3n) is 2.65. The van der Waals surface area contributed by atoms with E-state index in [0.717, 1.165) is 13.0 Å². The minimum absolute atomic E-state index is 0.144. The lowest BCUT2D eigenvalue weighted by Crippen LogP contribution is -2.13. The van der Waals surface area contributed by atoms with Gasteiger partial charge in [-0.15, -0.1) is 0 Å². The van der Waals surface area contributed by atoms with Gasteiger partial charge in [-0.1, -0.05) is 0 Å².